The minimum Gasteiger partial charge on any atom is -0.361 e. The molecular weight excluding hydrogens is 960 g/mol. The van der Waals surface area contributed by atoms with Gasteiger partial charge in [0.25, 0.3) is 0 Å². The van der Waals surface area contributed by atoms with Crippen LogP contribution in [0.1, 0.15) is 144 Å². The summed E-state index contributed by atoms with van der Waals surface area (Å²) in [7, 11) is 6.83. The third-order valence-corrected chi connectivity index (χ3v) is 19.2. The molecule has 9 nitrogen and oxygen atoms in total. The monoisotopic (exact) mass is 1030 g/mol. The first-order chi connectivity index (χ1) is 37.0. The topological polar surface area (TPSA) is 87.8 Å². The molecule has 3 aromatic heterocycles. The second-order valence-corrected chi connectivity index (χ2v) is 23.6. The van der Waals surface area contributed by atoms with Gasteiger partial charge >= 0.3 is 0 Å². The predicted molar refractivity (Wildman–Crippen MR) is 303 cm³/mol. The second kappa shape index (κ2) is 21.7. The summed E-state index contributed by atoms with van der Waals surface area (Å²) in [6.45, 7) is 6.32. The Morgan fingerprint density at radius 2 is 0.750 bits per heavy atom. The molecule has 0 radical (unpaired) electrons. The highest BCUT2D eigenvalue weighted by atomic mass is 35.5. The van der Waals surface area contributed by atoms with Gasteiger partial charge in [-0.15, -0.1) is 0 Å². The van der Waals surface area contributed by atoms with Crippen LogP contribution in [0.25, 0.3) is 22.5 Å². The fourth-order valence-electron chi connectivity index (χ4n) is 14.9. The van der Waals surface area contributed by atoms with Gasteiger partial charge in [0.05, 0.1) is 5.69 Å². The van der Waals surface area contributed by atoms with E-state index in [9.17, 15) is 0 Å². The van der Waals surface area contributed by atoms with Gasteiger partial charge in [-0.25, -0.2) is 0 Å². The number of fused-ring (bicyclic) bond motifs is 6. The minimum atomic E-state index is 0.319. The van der Waals surface area contributed by atoms with Crippen LogP contribution in [0.2, 0.25) is 5.02 Å². The number of hydrogen-bond acceptors (Lipinski definition) is 9. The number of aromatic nitrogens is 3. The van der Waals surface area contributed by atoms with Crippen molar-refractivity contribution in [1.82, 2.24) is 30.2 Å². The first kappa shape index (κ1) is 50.7. The molecule has 0 spiro atoms. The van der Waals surface area contributed by atoms with E-state index in [1.54, 1.807) is 0 Å². The van der Waals surface area contributed by atoms with Crippen LogP contribution in [0, 0.1) is 20.8 Å². The third-order valence-electron chi connectivity index (χ3n) is 18.9. The van der Waals surface area contributed by atoms with E-state index in [-0.39, 0.29) is 0 Å². The molecule has 10 heteroatoms. The maximum atomic E-state index is 6.13. The summed E-state index contributed by atoms with van der Waals surface area (Å²) in [5.41, 5.74) is 12.0. The number of likely N-dealkylation sites (N-methyl/N-ethyl adjacent to an activating group) is 3. The molecule has 12 atom stereocenters. The van der Waals surface area contributed by atoms with E-state index >= 15 is 0 Å². The molecule has 6 aliphatic rings. The molecule has 0 N–H and O–H groups in total. The van der Waals surface area contributed by atoms with Crippen molar-refractivity contribution >= 4 is 11.6 Å². The molecule has 6 fully saturated rings. The fourth-order valence-corrected chi connectivity index (χ4v) is 15.0. The van der Waals surface area contributed by atoms with Gasteiger partial charge in [-0.05, 0) is 146 Å². The summed E-state index contributed by atoms with van der Waals surface area (Å²) in [5, 5.41) is 13.8. The Kier molecular flexibility index (Phi) is 14.5. The van der Waals surface area contributed by atoms with Gasteiger partial charge in [0.1, 0.15) is 28.7 Å². The number of hydrogen-bond donors (Lipinski definition) is 0. The number of halogens is 1. The van der Waals surface area contributed by atoms with Crippen LogP contribution in [0.4, 0.5) is 0 Å². The lowest BCUT2D eigenvalue weighted by Crippen LogP contribution is -2.44. The van der Waals surface area contributed by atoms with Crippen molar-refractivity contribution in [3.8, 4) is 22.5 Å². The average Bonchev–Trinajstić information content (AvgIpc) is 4.39. The third kappa shape index (κ3) is 10.0. The zero-order chi connectivity index (χ0) is 52.0. The second-order valence-electron chi connectivity index (χ2n) is 23.2. The van der Waals surface area contributed by atoms with E-state index < -0.39 is 0 Å². The molecule has 6 aliphatic heterocycles. The molecule has 0 aliphatic carbocycles. The van der Waals surface area contributed by atoms with Crippen molar-refractivity contribution in [1.29, 1.82) is 0 Å². The number of aryl methyl sites for hydroxylation is 3. The number of benzene rings is 5. The Labute approximate surface area is 454 Å². The SMILES string of the molecule is CN1C2CCC1[C@@H](c1cc(-c3ccccc3)no1)[C@@H](c1ccc(Cl)cc1)C2.Cc1ccc([C@H]2CC3CCC([C@H]2c2cc(-c4ccccc4)no2)N3C)cc1.Cc1ccc([C@H]2CC3CCC([C@H]2c2cc(C)no2)N3C)cc1. The Bertz CT molecular complexity index is 3020. The van der Waals surface area contributed by atoms with Crippen LogP contribution in [0.3, 0.4) is 0 Å². The molecule has 0 saturated carbocycles. The van der Waals surface area contributed by atoms with Crippen molar-refractivity contribution in [2.24, 2.45) is 0 Å². The zero-order valence-corrected chi connectivity index (χ0v) is 45.8. The molecule has 8 aromatic rings. The smallest absolute Gasteiger partial charge is 0.142 e. The van der Waals surface area contributed by atoms with Crippen molar-refractivity contribution in [3.63, 3.8) is 0 Å². The van der Waals surface area contributed by atoms with Crippen LogP contribution in [0.5, 0.6) is 0 Å². The lowest BCUT2D eigenvalue weighted by molar-refractivity contribution is 0.122. The normalized spacial score (nSPS) is 28.9. The van der Waals surface area contributed by atoms with E-state index in [1.165, 1.54) is 79.2 Å². The van der Waals surface area contributed by atoms with E-state index in [2.05, 4.69) is 180 Å². The van der Waals surface area contributed by atoms with Gasteiger partial charge in [-0.3, -0.25) is 14.7 Å². The first-order valence-electron chi connectivity index (χ1n) is 28.1. The van der Waals surface area contributed by atoms with Crippen molar-refractivity contribution in [2.45, 2.75) is 150 Å². The number of rotatable bonds is 8. The summed E-state index contributed by atoms with van der Waals surface area (Å²) < 4.78 is 17.6. The highest BCUT2D eigenvalue weighted by Gasteiger charge is 2.50. The van der Waals surface area contributed by atoms with Crippen molar-refractivity contribution in [3.05, 3.63) is 207 Å². The van der Waals surface area contributed by atoms with E-state index in [0.29, 0.717) is 65.7 Å². The van der Waals surface area contributed by atoms with Crippen LogP contribution >= 0.6 is 11.6 Å². The Morgan fingerprint density at radius 3 is 1.11 bits per heavy atom. The van der Waals surface area contributed by atoms with E-state index in [1.807, 2.05) is 43.3 Å². The summed E-state index contributed by atoms with van der Waals surface area (Å²) in [5.74, 6) is 5.70. The maximum absolute atomic E-state index is 6.13. The quantitative estimate of drug-likeness (QED) is 0.148. The van der Waals surface area contributed by atoms with Crippen LogP contribution < -0.4 is 0 Å². The van der Waals surface area contributed by atoms with Gasteiger partial charge in [0, 0.05) is 88.4 Å². The molecule has 0 amide bonds. The molecule has 14 rings (SSSR count). The summed E-state index contributed by atoms with van der Waals surface area (Å²) in [4.78, 5) is 7.72. The van der Waals surface area contributed by atoms with Crippen LogP contribution in [-0.4, -0.2) is 87.6 Å². The molecule has 6 bridgehead atoms. The van der Waals surface area contributed by atoms with Gasteiger partial charge in [-0.1, -0.05) is 160 Å². The highest BCUT2D eigenvalue weighted by Crippen LogP contribution is 2.54. The Hall–Kier alpha value is -6.10. The standard InChI is InChI=1S/C24H26N2O.C23H23ClN2O.C19H24N2O/c1-16-8-10-17(11-9-16)20-14-19-12-13-22(26(19)2)24(20)23-15-21(25-27-23)18-6-4-3-5-7-18;1-26-18-11-12-21(26)23(19(13-18)15-7-9-17(24)10-8-15)22-14-20(25-27-22)16-5-3-2-4-6-16;1-12-4-6-14(7-5-12)16-11-15-8-9-17(21(15)3)19(16)18-10-13(2)20-22-18/h3-11,15,19-20,22,24H,12-14H2,1-2H3;2-10,14,18-19,21,23H,11-13H2,1H3;4-7,10,15-17,19H,8-9,11H2,1-3H3/t19?,20-,22?,24+;18?,19-,21?,23+;15?,16-,17?,19+/m111/s1. The number of nitrogens with zero attached hydrogens (tertiary/aromatic N) is 6. The molecule has 392 valence electrons. The van der Waals surface area contributed by atoms with Crippen LogP contribution in [-0.2, 0) is 0 Å². The summed E-state index contributed by atoms with van der Waals surface area (Å²) >= 11 is 6.13. The van der Waals surface area contributed by atoms with Gasteiger partial charge in [0.2, 0.25) is 0 Å². The van der Waals surface area contributed by atoms with E-state index in [4.69, 9.17) is 25.2 Å². The Balaban J connectivity index is 0.000000116. The van der Waals surface area contributed by atoms with Gasteiger partial charge in [0.15, 0.2) is 0 Å². The minimum absolute atomic E-state index is 0.319. The molecule has 6 saturated heterocycles. The van der Waals surface area contributed by atoms with Gasteiger partial charge in [-0.2, -0.15) is 0 Å². The maximum Gasteiger partial charge on any atom is 0.142 e. The molecule has 9 heterocycles. The van der Waals surface area contributed by atoms with Crippen LogP contribution in [0.15, 0.2) is 165 Å². The Morgan fingerprint density at radius 1 is 0.408 bits per heavy atom. The lowest BCUT2D eigenvalue weighted by Gasteiger charge is -2.42. The largest absolute Gasteiger partial charge is 0.361 e. The molecule has 76 heavy (non-hydrogen) atoms. The van der Waals surface area contributed by atoms with Gasteiger partial charge < -0.3 is 13.6 Å². The highest BCUT2D eigenvalue weighted by molar-refractivity contribution is 6.30. The summed E-state index contributed by atoms with van der Waals surface area (Å²) in [6.07, 6.45) is 11.2. The molecular formula is C66H73ClN6O3. The van der Waals surface area contributed by atoms with E-state index in [0.717, 1.165) is 63.0 Å². The molecule has 6 unspecified atom stereocenters. The first-order valence-corrected chi connectivity index (χ1v) is 28.4. The van der Waals surface area contributed by atoms with Crippen molar-refractivity contribution < 1.29 is 13.6 Å². The summed E-state index contributed by atoms with van der Waals surface area (Å²) in [6, 6.07) is 57.3. The predicted octanol–water partition coefficient (Wildman–Crippen LogP) is 15.1. The van der Waals surface area contributed by atoms with Crippen molar-refractivity contribution in [2.75, 3.05) is 21.1 Å². The molecule has 5 aromatic carbocycles. The lowest BCUT2D eigenvalue weighted by atomic mass is 9.74. The average molecular weight is 1030 g/mol. The zero-order valence-electron chi connectivity index (χ0n) is 45.0. The number of piperidine rings is 3. The fraction of sp³-hybridized carbons (Fsp3) is 0.409.